The van der Waals surface area contributed by atoms with E-state index < -0.39 is 62.4 Å². The maximum absolute atomic E-state index is 14.3. The number of hydrogen-bond donors (Lipinski definition) is 2. The number of Topliss-reactive ketones (excluding diaryl/α,β-unsaturated/α-hetero) is 1. The molecule has 0 spiro atoms. The first-order valence-corrected chi connectivity index (χ1v) is 47.4. The third-order valence-corrected chi connectivity index (χ3v) is 28.4. The molecular formula is C102H90Cl3F3N12O15S3. The number of nitrogens with one attached hydrogen (secondary N) is 2. The number of nitrogens with zero attached hydrogens (tertiary/aromatic N) is 10. The van der Waals surface area contributed by atoms with Crippen molar-refractivity contribution >= 4 is 140 Å². The first-order valence-electron chi connectivity index (χ1n) is 43.7. The van der Waals surface area contributed by atoms with E-state index >= 15 is 0 Å². The smallest absolute Gasteiger partial charge is 0.337 e. The van der Waals surface area contributed by atoms with E-state index in [0.29, 0.717) is 162 Å². The molecule has 9 heterocycles. The van der Waals surface area contributed by atoms with Gasteiger partial charge in [0, 0.05) is 102 Å². The van der Waals surface area contributed by atoms with E-state index in [1.165, 1.54) is 109 Å². The Bertz CT molecular complexity index is 8000. The number of rotatable bonds is 24. The Morgan fingerprint density at radius 1 is 0.449 bits per heavy atom. The van der Waals surface area contributed by atoms with Crippen molar-refractivity contribution in [1.82, 2.24) is 57.0 Å². The van der Waals surface area contributed by atoms with Crippen molar-refractivity contribution in [2.45, 2.75) is 119 Å². The monoisotopic (exact) mass is 1980 g/mol. The lowest BCUT2D eigenvalue weighted by molar-refractivity contribution is -0.130. The van der Waals surface area contributed by atoms with Crippen molar-refractivity contribution in [3.8, 4) is 22.9 Å². The summed E-state index contributed by atoms with van der Waals surface area (Å²) in [6, 6.07) is 58.8. The van der Waals surface area contributed by atoms with Gasteiger partial charge in [-0.05, 0) is 168 Å². The molecule has 7 aromatic heterocycles. The predicted molar refractivity (Wildman–Crippen MR) is 531 cm³/mol. The molecule has 138 heavy (non-hydrogen) atoms. The average molecular weight is 1980 g/mol. The van der Waals surface area contributed by atoms with Crippen LogP contribution in [0, 0.1) is 24.4 Å². The number of methoxy groups -OCH3 is 2. The second kappa shape index (κ2) is 43.3. The Morgan fingerprint density at radius 2 is 0.978 bits per heavy atom. The minimum Gasteiger partial charge on any atom is -0.493 e. The van der Waals surface area contributed by atoms with E-state index in [4.69, 9.17) is 44.3 Å². The number of halogens is 6. The summed E-state index contributed by atoms with van der Waals surface area (Å²) in [5, 5.41) is 9.45. The summed E-state index contributed by atoms with van der Waals surface area (Å²) in [6.07, 6.45) is 1.56. The van der Waals surface area contributed by atoms with E-state index in [1.54, 1.807) is 145 Å². The van der Waals surface area contributed by atoms with Gasteiger partial charge in [-0.15, -0.1) is 34.0 Å². The fourth-order valence-electron chi connectivity index (χ4n) is 16.6. The van der Waals surface area contributed by atoms with Crippen LogP contribution < -0.4 is 65.1 Å². The Labute approximate surface area is 812 Å². The van der Waals surface area contributed by atoms with Gasteiger partial charge in [-0.3, -0.25) is 70.6 Å². The molecule has 2 N–H and O–H groups in total. The summed E-state index contributed by atoms with van der Waals surface area (Å²) >= 11 is 22.7. The molecule has 0 fully saturated rings. The third-order valence-electron chi connectivity index (χ3n) is 23.9. The average Bonchev–Trinajstić information content (AvgIpc) is 1.57. The predicted octanol–water partition coefficient (Wildman–Crippen LogP) is 15.2. The lowest BCUT2D eigenvalue weighted by Gasteiger charge is -2.25. The van der Waals surface area contributed by atoms with Crippen LogP contribution in [0.15, 0.2) is 256 Å². The van der Waals surface area contributed by atoms with Crippen LogP contribution in [0.1, 0.15) is 104 Å². The number of ether oxygens (including phenoxy) is 2. The lowest BCUT2D eigenvalue weighted by Crippen LogP contribution is -2.41. The zero-order valence-corrected chi connectivity index (χ0v) is 80.1. The number of aromatic nitrogens is 8. The molecule has 2 aliphatic heterocycles. The van der Waals surface area contributed by atoms with E-state index in [0.717, 1.165) is 51.3 Å². The minimum atomic E-state index is -0.593. The van der Waals surface area contributed by atoms with Crippen molar-refractivity contribution in [2.24, 2.45) is 0 Å². The summed E-state index contributed by atoms with van der Waals surface area (Å²) in [6.45, 7) is 9.08. The number of amides is 4. The van der Waals surface area contributed by atoms with Crippen molar-refractivity contribution in [3.05, 3.63) is 399 Å². The van der Waals surface area contributed by atoms with Gasteiger partial charge in [-0.2, -0.15) is 0 Å². The summed E-state index contributed by atoms with van der Waals surface area (Å²) in [5.74, 6) is -0.919. The van der Waals surface area contributed by atoms with Gasteiger partial charge in [-0.25, -0.2) is 41.5 Å². The fourth-order valence-corrected chi connectivity index (χ4v) is 20.7. The molecule has 9 aromatic carbocycles. The van der Waals surface area contributed by atoms with Gasteiger partial charge in [0.1, 0.15) is 31.8 Å². The zero-order valence-electron chi connectivity index (χ0n) is 75.4. The van der Waals surface area contributed by atoms with Crippen molar-refractivity contribution in [3.63, 3.8) is 0 Å². The zero-order chi connectivity index (χ0) is 98.0. The highest BCUT2D eigenvalue weighted by atomic mass is 35.5. The third kappa shape index (κ3) is 21.4. The van der Waals surface area contributed by atoms with Crippen LogP contribution in [0.4, 0.5) is 13.2 Å². The van der Waals surface area contributed by atoms with Crippen LogP contribution in [0.5, 0.6) is 11.5 Å². The lowest BCUT2D eigenvalue weighted by atomic mass is 10.1. The van der Waals surface area contributed by atoms with Gasteiger partial charge < -0.3 is 29.9 Å². The first kappa shape index (κ1) is 98.2. The fraction of sp³-hybridized carbons (Fsp3) is 0.225. The molecule has 16 aromatic rings. The standard InChI is InChI=1S/C28H28FN3O5.C26H23N3O4S.C25H20Cl2FN3O3S.C23H19ClFN3O3S/c1-36-24-12-11-19(17-25(24)37-2)13-15-30-26(33)14-16-31-27(34)21-8-4-6-10-23(21)32(28(31)35)18-20-7-3-5-9-22(20)29;1-16(30)19-9-6-10-20(13-19)29-24(32)23-21-11-12-27(17(2)31)15-22(21)34-25(23)28(26(29)33)14-18-7-4-3-5-8-18;1-13-18(26)4-3-5-20(13)31-23(33)22-17-8-9-29(14(2)32)12-21(17)35-24(22)30(25(31)34)11-15-6-7-16(28)10-19(15)27;24-18-12-17(25)7-6-16(18)14-28-19-9-11-32-21(19)22(30)27(23(28)31)10-8-20(29)26-13-15-4-2-1-3-5-15/h3-12,17H,13-16,18H2,1-2H3,(H,30,33);3-10,13H,11-12,14-15H2,1-2H3;3-7,10H,8-9,11-12H2,1-2H3;1-7,9,11-12H,8,10,13-14H2,(H,26,29). The number of hydrogen-bond acceptors (Lipinski definition) is 18. The van der Waals surface area contributed by atoms with Gasteiger partial charge in [0.15, 0.2) is 17.3 Å². The second-order valence-electron chi connectivity index (χ2n) is 32.7. The van der Waals surface area contributed by atoms with Crippen LogP contribution in [0.3, 0.4) is 0 Å². The van der Waals surface area contributed by atoms with Gasteiger partial charge in [0.05, 0.1) is 92.1 Å². The molecule has 0 aliphatic carbocycles. The number of thiophene rings is 3. The van der Waals surface area contributed by atoms with Gasteiger partial charge in [-0.1, -0.05) is 162 Å². The molecule has 36 heteroatoms. The Kier molecular flexibility index (Phi) is 30.8. The topological polar surface area (TPSA) is 310 Å². The number of para-hydroxylation sites is 1. The van der Waals surface area contributed by atoms with Crippen LogP contribution in [0.2, 0.25) is 15.1 Å². The highest BCUT2D eigenvalue weighted by molar-refractivity contribution is 7.19. The van der Waals surface area contributed by atoms with Crippen LogP contribution in [0.25, 0.3) is 52.9 Å². The number of ketones is 1. The molecule has 0 radical (unpaired) electrons. The van der Waals surface area contributed by atoms with E-state index in [9.17, 15) is 75.5 Å². The highest BCUT2D eigenvalue weighted by Crippen LogP contribution is 2.37. The van der Waals surface area contributed by atoms with Gasteiger partial charge in [0.2, 0.25) is 23.6 Å². The van der Waals surface area contributed by atoms with Crippen molar-refractivity contribution < 1.29 is 46.6 Å². The van der Waals surface area contributed by atoms with Gasteiger partial charge >= 0.3 is 22.8 Å². The number of carbonyl (C=O) groups is 5. The SMILES string of the molecule is CC(=O)N1CCc2c(sc3c2c(=O)n(-c2cccc(Cl)c2C)c(=O)n3Cc2ccc(F)cc2Cl)C1.CC(=O)c1cccc(-n2c(=O)c3c4c(sc3n(Cc3ccccc3)c2=O)CN(C(C)=O)CC4)c1.COc1ccc(CCNC(=O)CCn2c(=O)c3ccccc3n(Cc3ccccc3F)c2=O)cc1OC.O=C(CCn1c(=O)c2sccc2n(Cc2ccc(F)cc2Cl)c1=O)NCc1ccccc1. The van der Waals surface area contributed by atoms with E-state index in [1.807, 2.05) is 72.8 Å². The largest absolute Gasteiger partial charge is 0.493 e. The molecule has 27 nitrogen and oxygen atoms in total. The molecule has 0 bridgehead atoms. The highest BCUT2D eigenvalue weighted by Gasteiger charge is 2.32. The molecule has 0 atom stereocenters. The van der Waals surface area contributed by atoms with Crippen LogP contribution >= 0.6 is 68.8 Å². The molecule has 4 amide bonds. The summed E-state index contributed by atoms with van der Waals surface area (Å²) in [4.78, 5) is 175. The molecule has 0 saturated carbocycles. The van der Waals surface area contributed by atoms with E-state index in [2.05, 4.69) is 10.6 Å². The first-order chi connectivity index (χ1) is 66.4. The number of benzene rings is 9. The molecular weight excluding hydrogens is 1890 g/mol. The maximum atomic E-state index is 14.3. The number of fused-ring (bicyclic) bond motifs is 8. The van der Waals surface area contributed by atoms with Crippen LogP contribution in [-0.4, -0.2) is 110 Å². The Hall–Kier alpha value is -14.4. The van der Waals surface area contributed by atoms with Crippen molar-refractivity contribution in [1.29, 1.82) is 0 Å². The summed E-state index contributed by atoms with van der Waals surface area (Å²) in [7, 11) is 3.12. The molecule has 0 unspecified atom stereocenters. The molecule has 708 valence electrons. The maximum Gasteiger partial charge on any atom is 0.337 e. The quantitative estimate of drug-likeness (QED) is 0.0531. The second-order valence-corrected chi connectivity index (χ2v) is 37.0. The molecule has 2 aliphatic rings. The molecule has 18 rings (SSSR count). The van der Waals surface area contributed by atoms with Crippen molar-refractivity contribution in [2.75, 3.05) is 33.9 Å². The van der Waals surface area contributed by atoms with Gasteiger partial charge in [0.25, 0.3) is 22.2 Å². The van der Waals surface area contributed by atoms with Crippen LogP contribution in [-0.2, 0) is 97.3 Å². The minimum absolute atomic E-state index is 0.0109. The normalized spacial score (nSPS) is 12.1. The van der Waals surface area contributed by atoms with E-state index in [-0.39, 0.29) is 85.0 Å². The number of carbonyl (C=O) groups excluding carboxylic acids is 5. The summed E-state index contributed by atoms with van der Waals surface area (Å²) in [5.41, 5.74) is 4.85. The summed E-state index contributed by atoms with van der Waals surface area (Å²) < 4.78 is 62.6. The Balaban J connectivity index is 0.000000140. The molecule has 0 saturated heterocycles. The Morgan fingerprint density at radius 3 is 1.57 bits per heavy atom.